The zero-order valence-corrected chi connectivity index (χ0v) is 23.9. The van der Waals surface area contributed by atoms with Crippen molar-refractivity contribution in [3.05, 3.63) is 53.7 Å². The summed E-state index contributed by atoms with van der Waals surface area (Å²) in [6.07, 6.45) is 0.429. The number of nitrogens with two attached hydrogens (primary N) is 1. The van der Waals surface area contributed by atoms with Gasteiger partial charge in [-0.05, 0) is 72.8 Å². The zero-order valence-electron chi connectivity index (χ0n) is 23.9. The van der Waals surface area contributed by atoms with Crippen LogP contribution in [0.2, 0.25) is 0 Å². The third-order valence-corrected chi connectivity index (χ3v) is 5.39. The van der Waals surface area contributed by atoms with Crippen LogP contribution in [0.3, 0.4) is 0 Å². The fourth-order valence-corrected chi connectivity index (χ4v) is 3.66. The Hall–Kier alpha value is -3.93. The SMILES string of the molecule is CC(C)(C)OC(=O)NCCC[C@@H](N)C(=O)N(C(=O)OC(C)(C)C)[C@H](CCc1ccccc1)c1nc(C(=O)O)co1. The van der Waals surface area contributed by atoms with E-state index in [9.17, 15) is 24.3 Å². The number of imide groups is 1. The first-order valence-corrected chi connectivity index (χ1v) is 13.1. The van der Waals surface area contributed by atoms with E-state index >= 15 is 0 Å². The van der Waals surface area contributed by atoms with Gasteiger partial charge in [-0.25, -0.2) is 24.3 Å². The smallest absolute Gasteiger partial charge is 0.417 e. The Morgan fingerprint density at radius 3 is 2.20 bits per heavy atom. The lowest BCUT2D eigenvalue weighted by atomic mass is 10.0. The van der Waals surface area contributed by atoms with Gasteiger partial charge < -0.3 is 30.0 Å². The van der Waals surface area contributed by atoms with Crippen LogP contribution in [-0.4, -0.2) is 62.8 Å². The molecule has 0 fully saturated rings. The first kappa shape index (κ1) is 32.3. The number of alkyl carbamates (subject to hydrolysis) is 1. The van der Waals surface area contributed by atoms with Gasteiger partial charge in [-0.2, -0.15) is 0 Å². The minimum atomic E-state index is -1.32. The van der Waals surface area contributed by atoms with E-state index in [0.29, 0.717) is 12.8 Å². The maximum absolute atomic E-state index is 13.7. The Labute approximate surface area is 234 Å². The summed E-state index contributed by atoms with van der Waals surface area (Å²) < 4.78 is 16.2. The minimum Gasteiger partial charge on any atom is -0.476 e. The maximum atomic E-state index is 13.7. The Morgan fingerprint density at radius 2 is 1.65 bits per heavy atom. The number of rotatable bonds is 11. The molecule has 0 spiro atoms. The Bertz CT molecular complexity index is 1150. The largest absolute Gasteiger partial charge is 0.476 e. The van der Waals surface area contributed by atoms with E-state index in [4.69, 9.17) is 19.6 Å². The standard InChI is InChI=1S/C28H40N4O8/c1-27(2,3)39-25(36)30-16-10-13-19(29)23(33)32(26(37)40-28(4,5)6)21(15-14-18-11-8-7-9-12-18)22-31-20(17-38-22)24(34)35/h7-9,11-12,17,19,21H,10,13-16,29H2,1-6H3,(H,30,36)(H,34,35)/t19-,21-/m1/s1. The molecular formula is C28H40N4O8. The van der Waals surface area contributed by atoms with E-state index in [-0.39, 0.29) is 31.0 Å². The topological polar surface area (TPSA) is 174 Å². The highest BCUT2D eigenvalue weighted by atomic mass is 16.6. The van der Waals surface area contributed by atoms with Crippen molar-refractivity contribution >= 4 is 24.1 Å². The summed E-state index contributed by atoms with van der Waals surface area (Å²) >= 11 is 0. The molecule has 0 saturated carbocycles. The number of benzene rings is 1. The fraction of sp³-hybridized carbons (Fsp3) is 0.536. The molecule has 1 aromatic heterocycles. The van der Waals surface area contributed by atoms with Crippen molar-refractivity contribution in [2.24, 2.45) is 5.73 Å². The van der Waals surface area contributed by atoms with Crippen molar-refractivity contribution in [2.75, 3.05) is 6.54 Å². The molecule has 3 amide bonds. The molecule has 0 bridgehead atoms. The van der Waals surface area contributed by atoms with Crippen LogP contribution < -0.4 is 11.1 Å². The second-order valence-corrected chi connectivity index (χ2v) is 11.3. The molecule has 2 aromatic rings. The first-order chi connectivity index (χ1) is 18.6. The quantitative estimate of drug-likeness (QED) is 0.333. The number of amides is 3. The van der Waals surface area contributed by atoms with Crippen LogP contribution in [0.25, 0.3) is 0 Å². The summed E-state index contributed by atoms with van der Waals surface area (Å²) in [5.41, 5.74) is 5.19. The number of aromatic carboxylic acids is 1. The Balaban J connectivity index is 2.29. The minimum absolute atomic E-state index is 0.130. The molecule has 220 valence electrons. The number of aryl methyl sites for hydroxylation is 1. The van der Waals surface area contributed by atoms with E-state index in [0.717, 1.165) is 16.7 Å². The average Bonchev–Trinajstić information content (AvgIpc) is 3.33. The van der Waals surface area contributed by atoms with Crippen molar-refractivity contribution in [3.63, 3.8) is 0 Å². The number of carbonyl (C=O) groups excluding carboxylic acids is 3. The molecule has 0 aliphatic heterocycles. The zero-order chi connectivity index (χ0) is 30.1. The van der Waals surface area contributed by atoms with Crippen LogP contribution in [0.15, 0.2) is 41.0 Å². The van der Waals surface area contributed by atoms with Crippen LogP contribution in [0, 0.1) is 0 Å². The number of hydrogen-bond donors (Lipinski definition) is 3. The van der Waals surface area contributed by atoms with Crippen molar-refractivity contribution in [1.82, 2.24) is 15.2 Å². The molecule has 1 aromatic carbocycles. The molecule has 0 radical (unpaired) electrons. The molecule has 0 saturated heterocycles. The number of aromatic nitrogens is 1. The van der Waals surface area contributed by atoms with Gasteiger partial charge in [0.15, 0.2) is 5.69 Å². The number of oxazole rings is 1. The predicted molar refractivity (Wildman–Crippen MR) is 145 cm³/mol. The molecule has 0 aliphatic rings. The molecule has 1 heterocycles. The molecular weight excluding hydrogens is 520 g/mol. The molecule has 0 unspecified atom stereocenters. The average molecular weight is 561 g/mol. The normalized spacial score (nSPS) is 13.2. The van der Waals surface area contributed by atoms with Gasteiger partial charge in [0.05, 0.1) is 6.04 Å². The second kappa shape index (κ2) is 13.9. The van der Waals surface area contributed by atoms with E-state index < -0.39 is 47.3 Å². The van der Waals surface area contributed by atoms with Gasteiger partial charge in [0.1, 0.15) is 23.5 Å². The highest BCUT2D eigenvalue weighted by Gasteiger charge is 2.39. The molecule has 2 atom stereocenters. The number of carboxylic acids is 1. The predicted octanol–water partition coefficient (Wildman–Crippen LogP) is 4.44. The van der Waals surface area contributed by atoms with Gasteiger partial charge in [0.2, 0.25) is 11.8 Å². The van der Waals surface area contributed by atoms with Crippen molar-refractivity contribution in [2.45, 2.75) is 90.5 Å². The highest BCUT2D eigenvalue weighted by Crippen LogP contribution is 2.29. The van der Waals surface area contributed by atoms with Crippen LogP contribution >= 0.6 is 0 Å². The number of ether oxygens (including phenoxy) is 2. The van der Waals surface area contributed by atoms with Crippen molar-refractivity contribution in [1.29, 1.82) is 0 Å². The van der Waals surface area contributed by atoms with Crippen LogP contribution in [-0.2, 0) is 20.7 Å². The molecule has 2 rings (SSSR count). The monoisotopic (exact) mass is 560 g/mol. The van der Waals surface area contributed by atoms with E-state index in [2.05, 4.69) is 10.3 Å². The lowest BCUT2D eigenvalue weighted by Crippen LogP contribution is -2.50. The van der Waals surface area contributed by atoms with Gasteiger partial charge >= 0.3 is 18.2 Å². The first-order valence-electron chi connectivity index (χ1n) is 13.1. The number of hydrogen-bond acceptors (Lipinski definition) is 9. The molecule has 12 heteroatoms. The second-order valence-electron chi connectivity index (χ2n) is 11.3. The lowest BCUT2D eigenvalue weighted by Gasteiger charge is -2.32. The fourth-order valence-electron chi connectivity index (χ4n) is 3.66. The Morgan fingerprint density at radius 1 is 1.02 bits per heavy atom. The summed E-state index contributed by atoms with van der Waals surface area (Å²) in [4.78, 5) is 55.3. The summed E-state index contributed by atoms with van der Waals surface area (Å²) in [6, 6.07) is 7.12. The molecule has 4 N–H and O–H groups in total. The number of carboxylic acid groups (broad SMARTS) is 1. The highest BCUT2D eigenvalue weighted by molar-refractivity contribution is 5.95. The Kier molecular flexibility index (Phi) is 11.2. The van der Waals surface area contributed by atoms with Gasteiger partial charge in [0.25, 0.3) is 0 Å². The third-order valence-electron chi connectivity index (χ3n) is 5.39. The summed E-state index contributed by atoms with van der Waals surface area (Å²) in [5.74, 6) is -2.20. The molecule has 0 aliphatic carbocycles. The summed E-state index contributed by atoms with van der Waals surface area (Å²) in [7, 11) is 0. The van der Waals surface area contributed by atoms with Crippen LogP contribution in [0.1, 0.15) is 88.8 Å². The third kappa shape index (κ3) is 10.7. The van der Waals surface area contributed by atoms with Gasteiger partial charge in [-0.15, -0.1) is 0 Å². The molecule has 40 heavy (non-hydrogen) atoms. The van der Waals surface area contributed by atoms with E-state index in [1.807, 2.05) is 30.3 Å². The lowest BCUT2D eigenvalue weighted by molar-refractivity contribution is -0.134. The van der Waals surface area contributed by atoms with Gasteiger partial charge in [-0.3, -0.25) is 4.79 Å². The number of nitrogens with zero attached hydrogens (tertiary/aromatic N) is 2. The van der Waals surface area contributed by atoms with E-state index in [1.165, 1.54) is 0 Å². The van der Waals surface area contributed by atoms with Crippen LogP contribution in [0.5, 0.6) is 0 Å². The number of carbonyl (C=O) groups is 4. The van der Waals surface area contributed by atoms with Crippen molar-refractivity contribution < 1.29 is 38.2 Å². The van der Waals surface area contributed by atoms with Crippen molar-refractivity contribution in [3.8, 4) is 0 Å². The van der Waals surface area contributed by atoms with Gasteiger partial charge in [0, 0.05) is 6.54 Å². The van der Waals surface area contributed by atoms with Crippen LogP contribution in [0.4, 0.5) is 9.59 Å². The number of nitrogens with one attached hydrogen (secondary N) is 1. The van der Waals surface area contributed by atoms with E-state index in [1.54, 1.807) is 41.5 Å². The molecule has 12 nitrogen and oxygen atoms in total. The maximum Gasteiger partial charge on any atom is 0.417 e. The summed E-state index contributed by atoms with van der Waals surface area (Å²) in [6.45, 7) is 10.4. The summed E-state index contributed by atoms with van der Waals surface area (Å²) in [5, 5.41) is 12.0. The van der Waals surface area contributed by atoms with Gasteiger partial charge in [-0.1, -0.05) is 30.3 Å².